The van der Waals surface area contributed by atoms with Crippen molar-refractivity contribution in [3.05, 3.63) is 89.6 Å². The van der Waals surface area contributed by atoms with E-state index in [-0.39, 0.29) is 5.75 Å². The van der Waals surface area contributed by atoms with Crippen molar-refractivity contribution in [1.29, 1.82) is 0 Å². The number of benzene rings is 2. The SMILES string of the molecule is Cc1cc(C2(c3cccc(-c4cnccn4)c3)C=C(N)NC2)ccc1OC(F)F. The van der Waals surface area contributed by atoms with Crippen molar-refractivity contribution < 1.29 is 13.5 Å². The molecule has 0 aliphatic carbocycles. The molecule has 1 atom stereocenters. The van der Waals surface area contributed by atoms with Crippen LogP contribution >= 0.6 is 0 Å². The molecule has 0 radical (unpaired) electrons. The van der Waals surface area contributed by atoms with E-state index in [9.17, 15) is 8.78 Å². The summed E-state index contributed by atoms with van der Waals surface area (Å²) in [6.07, 6.45) is 6.96. The van der Waals surface area contributed by atoms with Crippen molar-refractivity contribution in [2.24, 2.45) is 5.73 Å². The molecule has 2 heterocycles. The molecule has 0 saturated carbocycles. The van der Waals surface area contributed by atoms with Gasteiger partial charge in [0.05, 0.1) is 23.1 Å². The molecular formula is C22H20F2N4O. The third-order valence-corrected chi connectivity index (χ3v) is 5.12. The smallest absolute Gasteiger partial charge is 0.387 e. The number of nitrogens with two attached hydrogens (primary N) is 1. The molecule has 29 heavy (non-hydrogen) atoms. The molecule has 0 fully saturated rings. The molecule has 3 aromatic rings. The predicted molar refractivity (Wildman–Crippen MR) is 106 cm³/mol. The Hall–Kier alpha value is -3.48. The summed E-state index contributed by atoms with van der Waals surface area (Å²) in [5.41, 5.74) is 9.80. The second-order valence-corrected chi connectivity index (χ2v) is 6.95. The lowest BCUT2D eigenvalue weighted by atomic mass is 9.74. The van der Waals surface area contributed by atoms with Crippen LogP contribution in [0, 0.1) is 6.92 Å². The number of aryl methyl sites for hydroxylation is 1. The van der Waals surface area contributed by atoms with E-state index in [0.717, 1.165) is 22.4 Å². The first kappa shape index (κ1) is 18.9. The minimum Gasteiger partial charge on any atom is -0.435 e. The molecule has 148 valence electrons. The van der Waals surface area contributed by atoms with Crippen LogP contribution in [0.25, 0.3) is 11.3 Å². The van der Waals surface area contributed by atoms with Crippen LogP contribution in [-0.4, -0.2) is 23.1 Å². The van der Waals surface area contributed by atoms with Gasteiger partial charge in [-0.05, 0) is 41.8 Å². The molecule has 0 saturated heterocycles. The summed E-state index contributed by atoms with van der Waals surface area (Å²) in [5.74, 6) is 0.732. The van der Waals surface area contributed by atoms with Gasteiger partial charge < -0.3 is 15.8 Å². The van der Waals surface area contributed by atoms with Gasteiger partial charge in [0.25, 0.3) is 0 Å². The Labute approximate surface area is 167 Å². The van der Waals surface area contributed by atoms with E-state index in [1.165, 1.54) is 0 Å². The van der Waals surface area contributed by atoms with E-state index < -0.39 is 12.0 Å². The number of halogens is 2. The Morgan fingerprint density at radius 2 is 1.97 bits per heavy atom. The van der Waals surface area contributed by atoms with Gasteiger partial charge in [-0.3, -0.25) is 9.97 Å². The maximum Gasteiger partial charge on any atom is 0.387 e. The van der Waals surface area contributed by atoms with Crippen LogP contribution in [0.3, 0.4) is 0 Å². The molecule has 0 bridgehead atoms. The molecule has 2 aromatic carbocycles. The molecule has 1 aromatic heterocycles. The fraction of sp³-hybridized carbons (Fsp3) is 0.182. The Bertz CT molecular complexity index is 1060. The zero-order valence-corrected chi connectivity index (χ0v) is 15.8. The zero-order chi connectivity index (χ0) is 20.4. The minimum atomic E-state index is -2.86. The first-order valence-electron chi connectivity index (χ1n) is 9.13. The summed E-state index contributed by atoms with van der Waals surface area (Å²) in [7, 11) is 0. The van der Waals surface area contributed by atoms with Gasteiger partial charge in [-0.25, -0.2) is 0 Å². The van der Waals surface area contributed by atoms with Crippen LogP contribution in [0.4, 0.5) is 8.78 Å². The zero-order valence-electron chi connectivity index (χ0n) is 15.8. The summed E-state index contributed by atoms with van der Waals surface area (Å²) < 4.78 is 29.9. The number of hydrogen-bond acceptors (Lipinski definition) is 5. The van der Waals surface area contributed by atoms with Crippen LogP contribution in [0.1, 0.15) is 16.7 Å². The van der Waals surface area contributed by atoms with Crippen LogP contribution < -0.4 is 15.8 Å². The number of rotatable bonds is 5. The van der Waals surface area contributed by atoms with Crippen molar-refractivity contribution in [1.82, 2.24) is 15.3 Å². The second kappa shape index (κ2) is 7.50. The third kappa shape index (κ3) is 3.63. The first-order valence-corrected chi connectivity index (χ1v) is 9.13. The Kier molecular flexibility index (Phi) is 4.88. The van der Waals surface area contributed by atoms with Gasteiger partial charge >= 0.3 is 6.61 Å². The lowest BCUT2D eigenvalue weighted by Gasteiger charge is -2.29. The highest BCUT2D eigenvalue weighted by molar-refractivity contribution is 5.62. The van der Waals surface area contributed by atoms with E-state index in [2.05, 4.69) is 26.1 Å². The number of aromatic nitrogens is 2. The third-order valence-electron chi connectivity index (χ3n) is 5.12. The maximum atomic E-state index is 12.6. The molecule has 1 aliphatic heterocycles. The monoisotopic (exact) mass is 394 g/mol. The van der Waals surface area contributed by atoms with Gasteiger partial charge in [0, 0.05) is 24.5 Å². The molecule has 0 amide bonds. The average molecular weight is 394 g/mol. The van der Waals surface area contributed by atoms with Crippen molar-refractivity contribution in [3.63, 3.8) is 0 Å². The highest BCUT2D eigenvalue weighted by Gasteiger charge is 2.37. The van der Waals surface area contributed by atoms with Crippen LogP contribution in [-0.2, 0) is 5.41 Å². The summed E-state index contributed by atoms with van der Waals surface area (Å²) in [4.78, 5) is 8.51. The predicted octanol–water partition coefficient (Wildman–Crippen LogP) is 3.74. The Morgan fingerprint density at radius 1 is 1.14 bits per heavy atom. The second-order valence-electron chi connectivity index (χ2n) is 6.95. The van der Waals surface area contributed by atoms with Crippen LogP contribution in [0.15, 0.2) is 73.0 Å². The quantitative estimate of drug-likeness (QED) is 0.690. The van der Waals surface area contributed by atoms with E-state index in [1.807, 2.05) is 30.3 Å². The molecule has 3 N–H and O–H groups in total. The highest BCUT2D eigenvalue weighted by Crippen LogP contribution is 2.39. The lowest BCUT2D eigenvalue weighted by molar-refractivity contribution is -0.0503. The van der Waals surface area contributed by atoms with E-state index in [4.69, 9.17) is 5.73 Å². The number of alkyl halides is 2. The molecule has 1 unspecified atom stereocenters. The Balaban J connectivity index is 1.81. The fourth-order valence-corrected chi connectivity index (χ4v) is 3.71. The van der Waals surface area contributed by atoms with Gasteiger partial charge in [0.15, 0.2) is 0 Å². The number of hydrogen-bond donors (Lipinski definition) is 2. The van der Waals surface area contributed by atoms with Gasteiger partial charge in [0.1, 0.15) is 5.75 Å². The van der Waals surface area contributed by atoms with Gasteiger partial charge in [0.2, 0.25) is 0 Å². The summed E-state index contributed by atoms with van der Waals surface area (Å²) in [6.45, 7) is -0.557. The highest BCUT2D eigenvalue weighted by atomic mass is 19.3. The van der Waals surface area contributed by atoms with E-state index in [0.29, 0.717) is 17.9 Å². The molecule has 5 nitrogen and oxygen atoms in total. The summed E-state index contributed by atoms with van der Waals surface area (Å²) >= 11 is 0. The molecule has 0 spiro atoms. The first-order chi connectivity index (χ1) is 14.0. The molecule has 1 aliphatic rings. The van der Waals surface area contributed by atoms with E-state index in [1.54, 1.807) is 37.6 Å². The van der Waals surface area contributed by atoms with Crippen molar-refractivity contribution in [2.45, 2.75) is 19.0 Å². The Morgan fingerprint density at radius 3 is 2.62 bits per heavy atom. The van der Waals surface area contributed by atoms with Gasteiger partial charge in [-0.1, -0.05) is 30.3 Å². The largest absolute Gasteiger partial charge is 0.435 e. The maximum absolute atomic E-state index is 12.6. The van der Waals surface area contributed by atoms with Gasteiger partial charge in [-0.2, -0.15) is 8.78 Å². The molecule has 7 heteroatoms. The minimum absolute atomic E-state index is 0.162. The summed E-state index contributed by atoms with van der Waals surface area (Å²) in [5, 5.41) is 3.19. The lowest BCUT2D eigenvalue weighted by Crippen LogP contribution is -2.31. The fourth-order valence-electron chi connectivity index (χ4n) is 3.71. The van der Waals surface area contributed by atoms with Crippen molar-refractivity contribution in [2.75, 3.05) is 6.54 Å². The number of nitrogens with one attached hydrogen (secondary N) is 1. The molecular weight excluding hydrogens is 374 g/mol. The number of nitrogens with zero attached hydrogens (tertiary/aromatic N) is 2. The van der Waals surface area contributed by atoms with Gasteiger partial charge in [-0.15, -0.1) is 0 Å². The van der Waals surface area contributed by atoms with Crippen LogP contribution in [0.5, 0.6) is 5.75 Å². The average Bonchev–Trinajstić information content (AvgIpc) is 3.13. The van der Waals surface area contributed by atoms with E-state index >= 15 is 0 Å². The number of ether oxygens (including phenoxy) is 1. The van der Waals surface area contributed by atoms with Crippen LogP contribution in [0.2, 0.25) is 0 Å². The topological polar surface area (TPSA) is 73.1 Å². The summed E-state index contributed by atoms with van der Waals surface area (Å²) in [6, 6.07) is 13.3. The normalized spacial score (nSPS) is 18.4. The van der Waals surface area contributed by atoms with Crippen molar-refractivity contribution in [3.8, 4) is 17.0 Å². The molecule has 4 rings (SSSR count). The standard InChI is InChI=1S/C22H20F2N4O/c1-14-9-17(5-6-19(14)29-21(23)24)22(11-20(25)28-13-22)16-4-2-3-15(10-16)18-12-26-7-8-27-18/h2-12,21,28H,13,25H2,1H3. The van der Waals surface area contributed by atoms with Crippen molar-refractivity contribution >= 4 is 0 Å².